The van der Waals surface area contributed by atoms with E-state index in [0.717, 1.165) is 36.3 Å². The van der Waals surface area contributed by atoms with Gasteiger partial charge in [0.15, 0.2) is 0 Å². The van der Waals surface area contributed by atoms with Crippen LogP contribution in [0.15, 0.2) is 6.33 Å². The van der Waals surface area contributed by atoms with Gasteiger partial charge >= 0.3 is 0 Å². The first-order valence-corrected chi connectivity index (χ1v) is 9.44. The molecule has 118 valence electrons. The van der Waals surface area contributed by atoms with Gasteiger partial charge in [0.05, 0.1) is 0 Å². The van der Waals surface area contributed by atoms with Gasteiger partial charge in [-0.25, -0.2) is 9.97 Å². The summed E-state index contributed by atoms with van der Waals surface area (Å²) in [6.07, 6.45) is 11.1. The van der Waals surface area contributed by atoms with E-state index in [1.54, 1.807) is 6.33 Å². The van der Waals surface area contributed by atoms with Crippen LogP contribution < -0.4 is 10.6 Å². The van der Waals surface area contributed by atoms with Crippen LogP contribution in [0.5, 0.6) is 0 Å². The Morgan fingerprint density at radius 1 is 1.14 bits per heavy atom. The lowest BCUT2D eigenvalue weighted by atomic mass is 9.95. The Bertz CT molecular complexity index is 430. The number of nitrogens with one attached hydrogen (secondary N) is 2. The highest BCUT2D eigenvalue weighted by atomic mass is 32.2. The third-order valence-corrected chi connectivity index (χ3v) is 5.33. The standard InChI is InChI=1S/C16H28N4S/c1-4-10-17-15-14(5-2)16(19-11-18-15)20-12-6-8-13(21-3)9-7-12/h11-13H,4-10H2,1-3H3,(H2,17,18,19,20). The molecule has 0 unspecified atom stereocenters. The van der Waals surface area contributed by atoms with E-state index in [-0.39, 0.29) is 0 Å². The van der Waals surface area contributed by atoms with Crippen LogP contribution in [-0.2, 0) is 6.42 Å². The van der Waals surface area contributed by atoms with Gasteiger partial charge in [-0.2, -0.15) is 11.8 Å². The molecule has 0 atom stereocenters. The maximum atomic E-state index is 4.48. The Balaban J connectivity index is 2.02. The Labute approximate surface area is 132 Å². The smallest absolute Gasteiger partial charge is 0.134 e. The molecular formula is C16H28N4S. The van der Waals surface area contributed by atoms with Crippen molar-refractivity contribution in [2.24, 2.45) is 0 Å². The third kappa shape index (κ3) is 4.50. The van der Waals surface area contributed by atoms with E-state index in [0.29, 0.717) is 6.04 Å². The summed E-state index contributed by atoms with van der Waals surface area (Å²) in [5, 5.41) is 7.92. The Hall–Kier alpha value is -0.970. The number of nitrogens with zero attached hydrogens (tertiary/aromatic N) is 2. The van der Waals surface area contributed by atoms with Gasteiger partial charge in [0.1, 0.15) is 18.0 Å². The van der Waals surface area contributed by atoms with E-state index in [4.69, 9.17) is 0 Å². The molecule has 1 saturated carbocycles. The minimum atomic E-state index is 0.563. The van der Waals surface area contributed by atoms with Gasteiger partial charge in [0.2, 0.25) is 0 Å². The maximum absolute atomic E-state index is 4.48. The summed E-state index contributed by atoms with van der Waals surface area (Å²) in [6, 6.07) is 0.563. The summed E-state index contributed by atoms with van der Waals surface area (Å²) in [7, 11) is 0. The van der Waals surface area contributed by atoms with E-state index < -0.39 is 0 Å². The average molecular weight is 308 g/mol. The SMILES string of the molecule is CCCNc1ncnc(NC2CCC(SC)CC2)c1CC. The van der Waals surface area contributed by atoms with Gasteiger partial charge in [0.25, 0.3) is 0 Å². The number of rotatable bonds is 7. The summed E-state index contributed by atoms with van der Waals surface area (Å²) in [5.41, 5.74) is 1.22. The van der Waals surface area contributed by atoms with E-state index in [1.165, 1.54) is 31.2 Å². The fourth-order valence-corrected chi connectivity index (χ4v) is 3.65. The molecule has 4 nitrogen and oxygen atoms in total. The van der Waals surface area contributed by atoms with Crippen molar-refractivity contribution in [2.75, 3.05) is 23.4 Å². The molecule has 0 spiro atoms. The molecule has 5 heteroatoms. The molecule has 2 N–H and O–H groups in total. The highest BCUT2D eigenvalue weighted by Gasteiger charge is 2.21. The minimum Gasteiger partial charge on any atom is -0.370 e. The Kier molecular flexibility index (Phi) is 6.61. The normalized spacial score (nSPS) is 22.0. The second kappa shape index (κ2) is 8.47. The van der Waals surface area contributed by atoms with Gasteiger partial charge in [-0.15, -0.1) is 0 Å². The first kappa shape index (κ1) is 16.4. The zero-order chi connectivity index (χ0) is 15.1. The molecule has 1 fully saturated rings. The molecule has 1 aromatic rings. The topological polar surface area (TPSA) is 49.8 Å². The summed E-state index contributed by atoms with van der Waals surface area (Å²) >= 11 is 2.01. The van der Waals surface area contributed by atoms with Crippen molar-refractivity contribution >= 4 is 23.4 Å². The maximum Gasteiger partial charge on any atom is 0.134 e. The molecule has 0 amide bonds. The van der Waals surface area contributed by atoms with Crippen molar-refractivity contribution in [3.63, 3.8) is 0 Å². The molecular weight excluding hydrogens is 280 g/mol. The zero-order valence-corrected chi connectivity index (χ0v) is 14.3. The van der Waals surface area contributed by atoms with Crippen LogP contribution in [0.25, 0.3) is 0 Å². The first-order chi connectivity index (χ1) is 10.3. The molecule has 1 aromatic heterocycles. The third-order valence-electron chi connectivity index (χ3n) is 4.19. The van der Waals surface area contributed by atoms with Crippen molar-refractivity contribution in [2.45, 2.75) is 63.7 Å². The predicted octanol–water partition coefficient (Wildman–Crippen LogP) is 3.95. The Morgan fingerprint density at radius 2 is 1.86 bits per heavy atom. The van der Waals surface area contributed by atoms with Gasteiger partial charge in [-0.1, -0.05) is 13.8 Å². The van der Waals surface area contributed by atoms with Crippen molar-refractivity contribution in [1.29, 1.82) is 0 Å². The molecule has 2 rings (SSSR count). The summed E-state index contributed by atoms with van der Waals surface area (Å²) in [4.78, 5) is 8.88. The lowest BCUT2D eigenvalue weighted by Crippen LogP contribution is -2.28. The highest BCUT2D eigenvalue weighted by molar-refractivity contribution is 7.99. The predicted molar refractivity (Wildman–Crippen MR) is 93.4 cm³/mol. The molecule has 1 aliphatic carbocycles. The van der Waals surface area contributed by atoms with Gasteiger partial charge in [-0.3, -0.25) is 0 Å². The molecule has 1 heterocycles. The first-order valence-electron chi connectivity index (χ1n) is 8.15. The Morgan fingerprint density at radius 3 is 2.48 bits per heavy atom. The fraction of sp³-hybridized carbons (Fsp3) is 0.750. The van der Waals surface area contributed by atoms with E-state index in [9.17, 15) is 0 Å². The summed E-state index contributed by atoms with van der Waals surface area (Å²) in [6.45, 7) is 5.30. The molecule has 0 radical (unpaired) electrons. The quantitative estimate of drug-likeness (QED) is 0.799. The molecule has 21 heavy (non-hydrogen) atoms. The lowest BCUT2D eigenvalue weighted by Gasteiger charge is -2.29. The molecule has 1 aliphatic rings. The number of hydrogen-bond donors (Lipinski definition) is 2. The van der Waals surface area contributed by atoms with Crippen LogP contribution in [0.1, 0.15) is 51.5 Å². The largest absolute Gasteiger partial charge is 0.370 e. The van der Waals surface area contributed by atoms with E-state index >= 15 is 0 Å². The van der Waals surface area contributed by atoms with Crippen LogP contribution in [0.2, 0.25) is 0 Å². The van der Waals surface area contributed by atoms with Gasteiger partial charge in [0, 0.05) is 23.4 Å². The van der Waals surface area contributed by atoms with Crippen molar-refractivity contribution in [3.8, 4) is 0 Å². The number of hydrogen-bond acceptors (Lipinski definition) is 5. The fourth-order valence-electron chi connectivity index (χ4n) is 2.90. The van der Waals surface area contributed by atoms with Crippen LogP contribution in [0, 0.1) is 0 Å². The highest BCUT2D eigenvalue weighted by Crippen LogP contribution is 2.30. The van der Waals surface area contributed by atoms with Gasteiger partial charge < -0.3 is 10.6 Å². The summed E-state index contributed by atoms with van der Waals surface area (Å²) in [5.74, 6) is 2.02. The lowest BCUT2D eigenvalue weighted by molar-refractivity contribution is 0.472. The van der Waals surface area contributed by atoms with Crippen LogP contribution in [0.4, 0.5) is 11.6 Å². The van der Waals surface area contributed by atoms with Crippen LogP contribution >= 0.6 is 11.8 Å². The van der Waals surface area contributed by atoms with Crippen molar-refractivity contribution < 1.29 is 0 Å². The monoisotopic (exact) mass is 308 g/mol. The minimum absolute atomic E-state index is 0.563. The van der Waals surface area contributed by atoms with Crippen molar-refractivity contribution in [3.05, 3.63) is 11.9 Å². The van der Waals surface area contributed by atoms with Crippen LogP contribution in [0.3, 0.4) is 0 Å². The number of anilines is 2. The molecule has 0 bridgehead atoms. The van der Waals surface area contributed by atoms with E-state index in [1.807, 2.05) is 11.8 Å². The average Bonchev–Trinajstić information content (AvgIpc) is 2.53. The molecule has 0 aromatic carbocycles. The van der Waals surface area contributed by atoms with Crippen molar-refractivity contribution in [1.82, 2.24) is 9.97 Å². The zero-order valence-electron chi connectivity index (χ0n) is 13.5. The molecule has 0 saturated heterocycles. The van der Waals surface area contributed by atoms with E-state index in [2.05, 4.69) is 40.7 Å². The van der Waals surface area contributed by atoms with Gasteiger partial charge in [-0.05, 0) is 44.8 Å². The number of aromatic nitrogens is 2. The van der Waals surface area contributed by atoms with Crippen LogP contribution in [-0.4, -0.2) is 34.1 Å². The molecule has 0 aliphatic heterocycles. The second-order valence-electron chi connectivity index (χ2n) is 5.68. The second-order valence-corrected chi connectivity index (χ2v) is 6.82. The summed E-state index contributed by atoms with van der Waals surface area (Å²) < 4.78 is 0. The number of thioether (sulfide) groups is 1.